The first-order valence-electron chi connectivity index (χ1n) is 18.6. The van der Waals surface area contributed by atoms with Crippen molar-refractivity contribution in [1.82, 2.24) is 0 Å². The van der Waals surface area contributed by atoms with Crippen LogP contribution in [-0.2, 0) is 9.47 Å². The van der Waals surface area contributed by atoms with E-state index in [0.717, 1.165) is 35.1 Å². The second-order valence-electron chi connectivity index (χ2n) is 15.7. The van der Waals surface area contributed by atoms with Gasteiger partial charge in [-0.1, -0.05) is 151 Å². The molecule has 0 radical (unpaired) electrons. The fourth-order valence-corrected chi connectivity index (χ4v) is 6.10. The topological polar surface area (TPSA) is 120 Å². The van der Waals surface area contributed by atoms with Crippen LogP contribution in [0.4, 0.5) is 0 Å². The lowest BCUT2D eigenvalue weighted by atomic mass is 9.71. The Hall–Kier alpha value is -3.40. The highest BCUT2D eigenvalue weighted by atomic mass is 16.7. The predicted octanol–water partition coefficient (Wildman–Crippen LogP) is 8.54. The maximum atomic E-state index is 10.7. The summed E-state index contributed by atoms with van der Waals surface area (Å²) in [5.41, 5.74) is 6.72. The molecule has 5 N–H and O–H groups in total. The third-order valence-electron chi connectivity index (χ3n) is 9.29. The van der Waals surface area contributed by atoms with E-state index in [0.29, 0.717) is 0 Å². The first-order valence-corrected chi connectivity index (χ1v) is 18.6. The van der Waals surface area contributed by atoms with Crippen LogP contribution < -0.4 is 0 Å². The molecule has 7 atom stereocenters. The minimum atomic E-state index is -1.45. The molecule has 0 aromatic carbocycles. The van der Waals surface area contributed by atoms with E-state index in [-0.39, 0.29) is 11.5 Å². The van der Waals surface area contributed by atoms with Gasteiger partial charge in [-0.05, 0) is 86.1 Å². The van der Waals surface area contributed by atoms with Gasteiger partial charge in [-0.2, -0.15) is 0 Å². The highest BCUT2D eigenvalue weighted by molar-refractivity contribution is 5.38. The molecule has 1 saturated heterocycles. The van der Waals surface area contributed by atoms with E-state index >= 15 is 0 Å². The summed E-state index contributed by atoms with van der Waals surface area (Å²) in [6, 6.07) is 0. The highest BCUT2D eigenvalue weighted by Crippen LogP contribution is 2.41. The molecule has 2 unspecified atom stereocenters. The predicted molar refractivity (Wildman–Crippen MR) is 219 cm³/mol. The fourth-order valence-electron chi connectivity index (χ4n) is 6.10. The molecule has 2 rings (SSSR count). The van der Waals surface area contributed by atoms with E-state index in [4.69, 9.17) is 9.47 Å². The Morgan fingerprint density at radius 1 is 0.717 bits per heavy atom. The lowest BCUT2D eigenvalue weighted by Gasteiger charge is -2.41. The average molecular weight is 731 g/mol. The summed E-state index contributed by atoms with van der Waals surface area (Å²) >= 11 is 0. The third kappa shape index (κ3) is 16.2. The largest absolute Gasteiger partial charge is 0.393 e. The van der Waals surface area contributed by atoms with Gasteiger partial charge in [-0.15, -0.1) is 0 Å². The van der Waals surface area contributed by atoms with E-state index in [2.05, 4.69) is 90.2 Å². The number of aliphatic hydroxyl groups excluding tert-OH is 4. The van der Waals surface area contributed by atoms with Gasteiger partial charge in [0.15, 0.2) is 6.29 Å². The van der Waals surface area contributed by atoms with Gasteiger partial charge in [-0.3, -0.25) is 0 Å². The molecular formula is C46H66O7. The van der Waals surface area contributed by atoms with Gasteiger partial charge in [0.05, 0.1) is 17.8 Å². The number of allylic oxidation sites excluding steroid dienone is 22. The summed E-state index contributed by atoms with van der Waals surface area (Å²) in [7, 11) is 0. The van der Waals surface area contributed by atoms with Crippen LogP contribution in [0.25, 0.3) is 0 Å². The van der Waals surface area contributed by atoms with Crippen LogP contribution in [-0.4, -0.2) is 74.0 Å². The van der Waals surface area contributed by atoms with Crippen LogP contribution in [0.3, 0.4) is 0 Å². The van der Waals surface area contributed by atoms with Gasteiger partial charge in [0.25, 0.3) is 0 Å². The van der Waals surface area contributed by atoms with Crippen molar-refractivity contribution in [2.45, 2.75) is 138 Å². The van der Waals surface area contributed by atoms with Crippen molar-refractivity contribution >= 4 is 0 Å². The smallest absolute Gasteiger partial charge is 0.187 e. The maximum Gasteiger partial charge on any atom is 0.187 e. The Balaban J connectivity index is 1.90. The zero-order valence-corrected chi connectivity index (χ0v) is 33.8. The molecule has 0 bridgehead atoms. The van der Waals surface area contributed by atoms with Crippen LogP contribution in [0, 0.1) is 5.41 Å². The molecule has 2 aliphatic rings. The molecule has 7 nitrogen and oxygen atoms in total. The van der Waals surface area contributed by atoms with Gasteiger partial charge in [0.2, 0.25) is 0 Å². The molecular weight excluding hydrogens is 664 g/mol. The molecule has 0 spiro atoms. The summed E-state index contributed by atoms with van der Waals surface area (Å²) in [6.45, 7) is 21.5. The Morgan fingerprint density at radius 3 is 1.64 bits per heavy atom. The molecule has 0 amide bonds. The van der Waals surface area contributed by atoms with Crippen molar-refractivity contribution in [1.29, 1.82) is 0 Å². The minimum absolute atomic E-state index is 0.0186. The molecule has 1 aliphatic heterocycles. The van der Waals surface area contributed by atoms with Crippen molar-refractivity contribution in [3.05, 3.63) is 142 Å². The zero-order chi connectivity index (χ0) is 39.9. The van der Waals surface area contributed by atoms with Crippen molar-refractivity contribution < 1.29 is 35.0 Å². The van der Waals surface area contributed by atoms with E-state index < -0.39 is 42.4 Å². The zero-order valence-electron chi connectivity index (χ0n) is 33.8. The third-order valence-corrected chi connectivity index (χ3v) is 9.29. The van der Waals surface area contributed by atoms with Crippen molar-refractivity contribution in [3.8, 4) is 0 Å². The standard InChI is InChI=1S/C46H66O7/c1-31(17-12-13-18-32(2)20-15-23-34(4)25-27-39-36(6)29-38(47)30-45(39,8)9)19-14-21-33(3)22-16-24-35(5)26-28-40(46(10,11)51)53-44-43(50)42(49)41(48)37(7)52-44/h12-28,37-38,40-44,47-51H,29-30H2,1-11H3/b13-12+,19-14+,20-15+,22-16+,27-25+,28-26+,31-17+,32-18+,33-21+,34-23+,35-24+/t37-,38+,40?,41-,42+,43+,44?/m1/s1. The minimum Gasteiger partial charge on any atom is -0.393 e. The van der Waals surface area contributed by atoms with Crippen molar-refractivity contribution in [3.63, 3.8) is 0 Å². The lowest BCUT2D eigenvalue weighted by molar-refractivity contribution is -0.309. The van der Waals surface area contributed by atoms with Gasteiger partial charge in [0, 0.05) is 0 Å². The van der Waals surface area contributed by atoms with E-state index in [1.54, 1.807) is 26.8 Å². The molecule has 7 heteroatoms. The molecule has 0 saturated carbocycles. The van der Waals surface area contributed by atoms with Crippen LogP contribution in [0.2, 0.25) is 0 Å². The fraction of sp³-hybridized carbons (Fsp3) is 0.478. The number of aliphatic hydroxyl groups is 5. The maximum absolute atomic E-state index is 10.7. The molecule has 1 aliphatic carbocycles. The second kappa shape index (κ2) is 21.5. The molecule has 1 fully saturated rings. The van der Waals surface area contributed by atoms with E-state index in [9.17, 15) is 25.5 Å². The first kappa shape index (κ1) is 45.8. The van der Waals surface area contributed by atoms with Crippen LogP contribution >= 0.6 is 0 Å². The molecule has 0 aromatic heterocycles. The van der Waals surface area contributed by atoms with Gasteiger partial charge < -0.3 is 35.0 Å². The number of hydrogen-bond acceptors (Lipinski definition) is 7. The number of ether oxygens (including phenoxy) is 2. The molecule has 0 aromatic rings. The SMILES string of the molecule is CC1=C(/C=C/C(C)=C/C=C/C(C)=C/C=C/C=C(C)/C=C/C=C(C)/C=C/C=C(C)/C=C/C(OC2O[C@H](C)[C@@H](O)[C@H](O)[C@@H]2O)C(C)(C)O)C(C)(C)C[C@@H](O)C1. The molecule has 1 heterocycles. The van der Waals surface area contributed by atoms with E-state index in [1.807, 2.05) is 62.5 Å². The Labute approximate surface area is 319 Å². The van der Waals surface area contributed by atoms with Gasteiger partial charge in [-0.25, -0.2) is 0 Å². The second-order valence-corrected chi connectivity index (χ2v) is 15.7. The van der Waals surface area contributed by atoms with Crippen LogP contribution in [0.15, 0.2) is 142 Å². The monoisotopic (exact) mass is 730 g/mol. The van der Waals surface area contributed by atoms with Crippen LogP contribution in [0.1, 0.15) is 89.0 Å². The Morgan fingerprint density at radius 2 is 1.17 bits per heavy atom. The molecule has 292 valence electrons. The van der Waals surface area contributed by atoms with Crippen molar-refractivity contribution in [2.75, 3.05) is 0 Å². The highest BCUT2D eigenvalue weighted by Gasteiger charge is 2.44. The normalized spacial score (nSPS) is 28.3. The Kier molecular flexibility index (Phi) is 18.5. The average Bonchev–Trinajstić information content (AvgIpc) is 3.04. The van der Waals surface area contributed by atoms with Crippen LogP contribution in [0.5, 0.6) is 0 Å². The summed E-state index contributed by atoms with van der Waals surface area (Å²) in [4.78, 5) is 0. The summed E-state index contributed by atoms with van der Waals surface area (Å²) in [5, 5.41) is 51.2. The van der Waals surface area contributed by atoms with Gasteiger partial charge >= 0.3 is 0 Å². The summed E-state index contributed by atoms with van der Waals surface area (Å²) in [6.07, 6.45) is 28.8. The number of rotatable bonds is 15. The first-order chi connectivity index (χ1) is 24.7. The van der Waals surface area contributed by atoms with Crippen molar-refractivity contribution in [2.24, 2.45) is 5.41 Å². The quantitative estimate of drug-likeness (QED) is 0.107. The van der Waals surface area contributed by atoms with E-state index in [1.165, 1.54) is 16.7 Å². The van der Waals surface area contributed by atoms with Gasteiger partial charge in [0.1, 0.15) is 24.4 Å². The number of hydrogen-bond donors (Lipinski definition) is 5. The summed E-state index contributed by atoms with van der Waals surface area (Å²) < 4.78 is 11.4. The molecule has 53 heavy (non-hydrogen) atoms. The summed E-state index contributed by atoms with van der Waals surface area (Å²) in [5.74, 6) is 0. The lowest BCUT2D eigenvalue weighted by Crippen LogP contribution is -2.58. The Bertz CT molecular complexity index is 1580.